The lowest BCUT2D eigenvalue weighted by Gasteiger charge is -2.31. The summed E-state index contributed by atoms with van der Waals surface area (Å²) in [6, 6.07) is 8.30. The zero-order valence-electron chi connectivity index (χ0n) is 14.6. The van der Waals surface area contributed by atoms with Crippen molar-refractivity contribution in [3.05, 3.63) is 30.3 Å². The fourth-order valence-electron chi connectivity index (χ4n) is 3.07. The number of carbonyl (C=O) groups is 1. The van der Waals surface area contributed by atoms with E-state index in [1.165, 1.54) is 0 Å². The third-order valence-electron chi connectivity index (χ3n) is 4.14. The molecule has 1 aromatic carbocycles. The normalized spacial score (nSPS) is 18.0. The first-order valence-electron chi connectivity index (χ1n) is 8.48. The first kappa shape index (κ1) is 18.8. The van der Waals surface area contributed by atoms with Crippen LogP contribution in [0.2, 0.25) is 0 Å². The highest BCUT2D eigenvalue weighted by Gasteiger charge is 2.37. The van der Waals surface area contributed by atoms with Crippen LogP contribution in [-0.4, -0.2) is 25.5 Å². The van der Waals surface area contributed by atoms with Crippen LogP contribution in [0.25, 0.3) is 0 Å². The molecule has 0 aliphatic heterocycles. The summed E-state index contributed by atoms with van der Waals surface area (Å²) in [5.74, 6) is -0.0866. The molecule has 0 aromatic heterocycles. The average molecular weight is 353 g/mol. The molecule has 134 valence electrons. The molecule has 0 saturated heterocycles. The van der Waals surface area contributed by atoms with Gasteiger partial charge in [-0.05, 0) is 51.7 Å². The van der Waals surface area contributed by atoms with Crippen LogP contribution in [-0.2, 0) is 14.6 Å². The van der Waals surface area contributed by atoms with Crippen LogP contribution >= 0.6 is 0 Å². The van der Waals surface area contributed by atoms with Crippen molar-refractivity contribution < 1.29 is 17.9 Å². The van der Waals surface area contributed by atoms with Gasteiger partial charge in [0, 0.05) is 0 Å². The van der Waals surface area contributed by atoms with E-state index in [9.17, 15) is 13.2 Å². The molecule has 0 radical (unpaired) electrons. The van der Waals surface area contributed by atoms with Gasteiger partial charge in [-0.1, -0.05) is 37.5 Å². The first-order chi connectivity index (χ1) is 11.2. The summed E-state index contributed by atoms with van der Waals surface area (Å²) in [6.07, 6.45) is 4.00. The minimum atomic E-state index is -3.66. The first-order valence-corrected chi connectivity index (χ1v) is 10.0. The van der Waals surface area contributed by atoms with E-state index < -0.39 is 26.9 Å². The molecule has 0 heterocycles. The van der Waals surface area contributed by atoms with Gasteiger partial charge in [0.1, 0.15) is 11.0 Å². The van der Waals surface area contributed by atoms with Crippen LogP contribution in [0.15, 0.2) is 35.2 Å². The molecule has 24 heavy (non-hydrogen) atoms. The van der Waals surface area contributed by atoms with Gasteiger partial charge in [-0.3, -0.25) is 0 Å². The molecule has 0 unspecified atom stereocenters. The van der Waals surface area contributed by atoms with Crippen molar-refractivity contribution in [1.82, 2.24) is 5.32 Å². The van der Waals surface area contributed by atoms with Gasteiger partial charge in [-0.15, -0.1) is 0 Å². The second-order valence-corrected chi connectivity index (χ2v) is 9.39. The Morgan fingerprint density at radius 2 is 1.71 bits per heavy atom. The Bertz CT molecular complexity index is 643. The van der Waals surface area contributed by atoms with E-state index in [-0.39, 0.29) is 10.8 Å². The fraction of sp³-hybridized carbons (Fsp3) is 0.611. The van der Waals surface area contributed by atoms with Crippen LogP contribution in [0.5, 0.6) is 0 Å². The maximum atomic E-state index is 13.1. The summed E-state index contributed by atoms with van der Waals surface area (Å²) >= 11 is 0. The van der Waals surface area contributed by atoms with E-state index in [1.807, 2.05) is 0 Å². The van der Waals surface area contributed by atoms with Gasteiger partial charge >= 0.3 is 6.09 Å². The predicted molar refractivity (Wildman–Crippen MR) is 93.4 cm³/mol. The smallest absolute Gasteiger partial charge is 0.408 e. The lowest BCUT2D eigenvalue weighted by atomic mass is 9.89. The van der Waals surface area contributed by atoms with Gasteiger partial charge in [0.15, 0.2) is 9.84 Å². The highest BCUT2D eigenvalue weighted by molar-refractivity contribution is 7.92. The van der Waals surface area contributed by atoms with Gasteiger partial charge in [-0.2, -0.15) is 0 Å². The number of hydrogen-bond acceptors (Lipinski definition) is 4. The molecule has 1 aliphatic carbocycles. The molecule has 6 heteroatoms. The Morgan fingerprint density at radius 1 is 1.12 bits per heavy atom. The topological polar surface area (TPSA) is 72.5 Å². The number of carbonyl (C=O) groups excluding carboxylic acids is 1. The highest BCUT2D eigenvalue weighted by atomic mass is 32.2. The SMILES string of the molecule is CC(C)(C)OC(=O)N[C@@H](C1CCCCC1)S(=O)(=O)c1ccccc1. The molecular formula is C18H27NO4S. The molecule has 1 aliphatic rings. The number of ether oxygens (including phenoxy) is 1. The fourth-order valence-corrected chi connectivity index (χ4v) is 4.93. The Labute approximate surface area is 144 Å². The Hall–Kier alpha value is -1.56. The number of nitrogens with one attached hydrogen (secondary N) is 1. The minimum Gasteiger partial charge on any atom is -0.444 e. The van der Waals surface area contributed by atoms with Crippen molar-refractivity contribution >= 4 is 15.9 Å². The number of benzene rings is 1. The standard InChI is InChI=1S/C18H27NO4S/c1-18(2,3)23-17(20)19-16(14-10-6-4-7-11-14)24(21,22)15-12-8-5-9-13-15/h5,8-9,12-14,16H,4,6-7,10-11H2,1-3H3,(H,19,20)/t16-/m1/s1. The number of hydrogen-bond donors (Lipinski definition) is 1. The third kappa shape index (κ3) is 4.97. The van der Waals surface area contributed by atoms with E-state index in [1.54, 1.807) is 51.1 Å². The summed E-state index contributed by atoms with van der Waals surface area (Å²) in [7, 11) is -3.66. The van der Waals surface area contributed by atoms with Crippen LogP contribution in [0.4, 0.5) is 4.79 Å². The predicted octanol–water partition coefficient (Wildman–Crippen LogP) is 3.89. The van der Waals surface area contributed by atoms with Crippen molar-refractivity contribution in [2.75, 3.05) is 0 Å². The molecule has 1 fully saturated rings. The molecule has 1 saturated carbocycles. The summed E-state index contributed by atoms with van der Waals surface area (Å²) in [5.41, 5.74) is -0.669. The van der Waals surface area contributed by atoms with Gasteiger partial charge in [0.05, 0.1) is 4.90 Å². The van der Waals surface area contributed by atoms with Crippen molar-refractivity contribution in [1.29, 1.82) is 0 Å². The Morgan fingerprint density at radius 3 is 2.25 bits per heavy atom. The second kappa shape index (κ2) is 7.55. The van der Waals surface area contributed by atoms with Crippen LogP contribution in [0.1, 0.15) is 52.9 Å². The molecule has 5 nitrogen and oxygen atoms in total. The quantitative estimate of drug-likeness (QED) is 0.891. The zero-order valence-corrected chi connectivity index (χ0v) is 15.4. The Kier molecular flexibility index (Phi) is 5.91. The minimum absolute atomic E-state index is 0.0866. The van der Waals surface area contributed by atoms with E-state index in [0.29, 0.717) is 0 Å². The van der Waals surface area contributed by atoms with Crippen molar-refractivity contribution in [2.45, 2.75) is 68.7 Å². The van der Waals surface area contributed by atoms with E-state index in [2.05, 4.69) is 5.32 Å². The Balaban J connectivity index is 2.27. The highest BCUT2D eigenvalue weighted by Crippen LogP contribution is 2.31. The number of alkyl carbamates (subject to hydrolysis) is 1. The van der Waals surface area contributed by atoms with Crippen LogP contribution < -0.4 is 5.32 Å². The summed E-state index contributed by atoms with van der Waals surface area (Å²) < 4.78 is 31.4. The molecule has 2 rings (SSSR count). The average Bonchev–Trinajstić information content (AvgIpc) is 2.52. The van der Waals surface area contributed by atoms with Gasteiger partial charge in [0.2, 0.25) is 0 Å². The van der Waals surface area contributed by atoms with Gasteiger partial charge in [0.25, 0.3) is 0 Å². The maximum Gasteiger partial charge on any atom is 0.408 e. The number of sulfone groups is 1. The summed E-state index contributed by atoms with van der Waals surface area (Å²) in [4.78, 5) is 12.4. The summed E-state index contributed by atoms with van der Waals surface area (Å²) in [6.45, 7) is 5.27. The molecule has 1 atom stereocenters. The van der Waals surface area contributed by atoms with Crippen molar-refractivity contribution in [3.63, 3.8) is 0 Å². The zero-order chi connectivity index (χ0) is 17.8. The maximum absolute atomic E-state index is 13.1. The monoisotopic (exact) mass is 353 g/mol. The largest absolute Gasteiger partial charge is 0.444 e. The van der Waals surface area contributed by atoms with Crippen LogP contribution in [0, 0.1) is 5.92 Å². The molecule has 1 aromatic rings. The number of amides is 1. The third-order valence-corrected chi connectivity index (χ3v) is 6.24. The molecule has 0 spiro atoms. The van der Waals surface area contributed by atoms with Crippen molar-refractivity contribution in [3.8, 4) is 0 Å². The molecule has 0 bridgehead atoms. The second-order valence-electron chi connectivity index (χ2n) is 7.32. The van der Waals surface area contributed by atoms with Gasteiger partial charge in [-0.25, -0.2) is 13.2 Å². The molecule has 1 amide bonds. The lowest BCUT2D eigenvalue weighted by Crippen LogP contribution is -2.48. The van der Waals surface area contributed by atoms with E-state index in [0.717, 1.165) is 32.1 Å². The van der Waals surface area contributed by atoms with E-state index in [4.69, 9.17) is 4.74 Å². The molecule has 1 N–H and O–H groups in total. The summed E-state index contributed by atoms with van der Waals surface area (Å²) in [5, 5.41) is 1.68. The van der Waals surface area contributed by atoms with Crippen molar-refractivity contribution in [2.24, 2.45) is 5.92 Å². The number of rotatable bonds is 4. The van der Waals surface area contributed by atoms with Gasteiger partial charge < -0.3 is 10.1 Å². The van der Waals surface area contributed by atoms with Crippen LogP contribution in [0.3, 0.4) is 0 Å². The molecular weight excluding hydrogens is 326 g/mol. The van der Waals surface area contributed by atoms with E-state index >= 15 is 0 Å². The lowest BCUT2D eigenvalue weighted by molar-refractivity contribution is 0.0502.